The van der Waals surface area contributed by atoms with Gasteiger partial charge in [0.25, 0.3) is 0 Å². The minimum absolute atomic E-state index is 0.578. The van der Waals surface area contributed by atoms with E-state index in [1.54, 1.807) is 19.1 Å². The number of nitrogens with zero attached hydrogens (tertiary/aromatic N) is 3. The van der Waals surface area contributed by atoms with Gasteiger partial charge in [0.05, 0.1) is 11.6 Å². The van der Waals surface area contributed by atoms with Crippen molar-refractivity contribution < 1.29 is 0 Å². The zero-order valence-electron chi connectivity index (χ0n) is 11.7. The third-order valence-corrected chi connectivity index (χ3v) is 3.01. The van der Waals surface area contributed by atoms with Gasteiger partial charge in [-0.05, 0) is 38.5 Å². The highest BCUT2D eigenvalue weighted by Crippen LogP contribution is 2.25. The van der Waals surface area contributed by atoms with Crippen molar-refractivity contribution in [1.29, 1.82) is 5.26 Å². The molecule has 2 rings (SSSR count). The summed E-state index contributed by atoms with van der Waals surface area (Å²) in [5, 5.41) is 12.2. The molecule has 0 aliphatic heterocycles. The summed E-state index contributed by atoms with van der Waals surface area (Å²) in [7, 11) is 0. The lowest BCUT2D eigenvalue weighted by Crippen LogP contribution is -2.13. The van der Waals surface area contributed by atoms with E-state index in [-0.39, 0.29) is 0 Å². The molecule has 0 saturated carbocycles. The number of benzene rings is 1. The van der Waals surface area contributed by atoms with Gasteiger partial charge in [-0.2, -0.15) is 5.26 Å². The zero-order chi connectivity index (χ0) is 14.7. The second-order valence-corrected chi connectivity index (χ2v) is 4.50. The molecule has 0 aliphatic rings. The van der Waals surface area contributed by atoms with E-state index in [1.807, 2.05) is 19.9 Å². The Hall–Kier alpha value is -2.65. The van der Waals surface area contributed by atoms with Crippen molar-refractivity contribution in [2.24, 2.45) is 5.84 Å². The Morgan fingerprint density at radius 2 is 1.85 bits per heavy atom. The Morgan fingerprint density at radius 3 is 2.50 bits per heavy atom. The summed E-state index contributed by atoms with van der Waals surface area (Å²) in [6.45, 7) is 5.64. The van der Waals surface area contributed by atoms with Gasteiger partial charge in [-0.3, -0.25) is 0 Å². The monoisotopic (exact) mass is 268 g/mol. The molecule has 102 valence electrons. The summed E-state index contributed by atoms with van der Waals surface area (Å²) in [6, 6.07) is 7.60. The summed E-state index contributed by atoms with van der Waals surface area (Å²) < 4.78 is 0. The first-order chi connectivity index (χ1) is 9.55. The lowest BCUT2D eigenvalue weighted by atomic mass is 10.1. The maximum Gasteiger partial charge on any atom is 0.148 e. The molecule has 0 bridgehead atoms. The molecule has 2 aromatic rings. The van der Waals surface area contributed by atoms with Crippen LogP contribution in [0, 0.1) is 32.1 Å². The van der Waals surface area contributed by atoms with Crippen LogP contribution in [0.15, 0.2) is 18.2 Å². The minimum Gasteiger partial charge on any atom is -0.340 e. The van der Waals surface area contributed by atoms with E-state index in [2.05, 4.69) is 26.8 Å². The molecule has 1 aromatic heterocycles. The SMILES string of the molecule is Cc1nc(NN)c(C)c(Nc2cc(C#N)ccc2C)n1. The molecule has 0 radical (unpaired) electrons. The number of anilines is 3. The van der Waals surface area contributed by atoms with E-state index in [0.29, 0.717) is 23.0 Å². The van der Waals surface area contributed by atoms with Crippen molar-refractivity contribution in [2.45, 2.75) is 20.8 Å². The molecular formula is C14H16N6. The highest BCUT2D eigenvalue weighted by Gasteiger charge is 2.10. The summed E-state index contributed by atoms with van der Waals surface area (Å²) in [4.78, 5) is 8.58. The van der Waals surface area contributed by atoms with Crippen LogP contribution in [0.5, 0.6) is 0 Å². The van der Waals surface area contributed by atoms with Gasteiger partial charge < -0.3 is 10.7 Å². The average Bonchev–Trinajstić information content (AvgIpc) is 2.44. The predicted octanol–water partition coefficient (Wildman–Crippen LogP) is 2.30. The number of hydrogen-bond donors (Lipinski definition) is 3. The molecule has 6 nitrogen and oxygen atoms in total. The molecular weight excluding hydrogens is 252 g/mol. The number of nitrogens with two attached hydrogens (primary N) is 1. The third-order valence-electron chi connectivity index (χ3n) is 3.01. The quantitative estimate of drug-likeness (QED) is 0.583. The number of nitriles is 1. The fourth-order valence-corrected chi connectivity index (χ4v) is 1.84. The Balaban J connectivity index is 2.45. The van der Waals surface area contributed by atoms with Crippen molar-refractivity contribution in [3.63, 3.8) is 0 Å². The Morgan fingerprint density at radius 1 is 1.15 bits per heavy atom. The molecule has 4 N–H and O–H groups in total. The maximum atomic E-state index is 8.97. The lowest BCUT2D eigenvalue weighted by molar-refractivity contribution is 1.03. The molecule has 0 saturated heterocycles. The highest BCUT2D eigenvalue weighted by atomic mass is 15.3. The lowest BCUT2D eigenvalue weighted by Gasteiger charge is -2.14. The molecule has 1 heterocycles. The first kappa shape index (κ1) is 13.8. The second kappa shape index (κ2) is 5.55. The van der Waals surface area contributed by atoms with E-state index in [0.717, 1.165) is 16.8 Å². The molecule has 6 heteroatoms. The van der Waals surface area contributed by atoms with Crippen LogP contribution in [-0.2, 0) is 0 Å². The molecule has 0 atom stereocenters. The molecule has 0 unspecified atom stereocenters. The molecule has 20 heavy (non-hydrogen) atoms. The van der Waals surface area contributed by atoms with Crippen molar-refractivity contribution in [1.82, 2.24) is 9.97 Å². The molecule has 0 amide bonds. The smallest absolute Gasteiger partial charge is 0.148 e. The van der Waals surface area contributed by atoms with Crippen LogP contribution in [-0.4, -0.2) is 9.97 Å². The molecule has 0 spiro atoms. The van der Waals surface area contributed by atoms with Crippen LogP contribution >= 0.6 is 0 Å². The largest absolute Gasteiger partial charge is 0.340 e. The maximum absolute atomic E-state index is 8.97. The number of nitrogens with one attached hydrogen (secondary N) is 2. The Bertz CT molecular complexity index is 687. The Labute approximate surface area is 117 Å². The first-order valence-electron chi connectivity index (χ1n) is 6.14. The zero-order valence-corrected chi connectivity index (χ0v) is 11.7. The van der Waals surface area contributed by atoms with E-state index in [9.17, 15) is 0 Å². The van der Waals surface area contributed by atoms with E-state index >= 15 is 0 Å². The van der Waals surface area contributed by atoms with Gasteiger partial charge in [-0.15, -0.1) is 0 Å². The fourth-order valence-electron chi connectivity index (χ4n) is 1.84. The van der Waals surface area contributed by atoms with Gasteiger partial charge in [-0.25, -0.2) is 15.8 Å². The predicted molar refractivity (Wildman–Crippen MR) is 78.5 cm³/mol. The third kappa shape index (κ3) is 2.68. The van der Waals surface area contributed by atoms with Crippen molar-refractivity contribution in [3.05, 3.63) is 40.7 Å². The molecule has 1 aromatic carbocycles. The van der Waals surface area contributed by atoms with Crippen LogP contribution in [0.25, 0.3) is 0 Å². The van der Waals surface area contributed by atoms with E-state index < -0.39 is 0 Å². The summed E-state index contributed by atoms with van der Waals surface area (Å²) in [5.74, 6) is 7.31. The summed E-state index contributed by atoms with van der Waals surface area (Å²) in [5.41, 5.74) is 5.84. The molecule has 0 fully saturated rings. The van der Waals surface area contributed by atoms with Gasteiger partial charge in [0.2, 0.25) is 0 Å². The van der Waals surface area contributed by atoms with Gasteiger partial charge in [-0.1, -0.05) is 6.07 Å². The molecule has 0 aliphatic carbocycles. The number of hydrazine groups is 1. The van der Waals surface area contributed by atoms with Gasteiger partial charge in [0.1, 0.15) is 17.5 Å². The van der Waals surface area contributed by atoms with E-state index in [4.69, 9.17) is 11.1 Å². The fraction of sp³-hybridized carbons (Fsp3) is 0.214. The second-order valence-electron chi connectivity index (χ2n) is 4.50. The van der Waals surface area contributed by atoms with Crippen LogP contribution in [0.1, 0.15) is 22.5 Å². The van der Waals surface area contributed by atoms with E-state index in [1.165, 1.54) is 0 Å². The normalized spacial score (nSPS) is 9.95. The average molecular weight is 268 g/mol. The summed E-state index contributed by atoms with van der Waals surface area (Å²) >= 11 is 0. The van der Waals surface area contributed by atoms with Gasteiger partial charge in [0.15, 0.2) is 0 Å². The van der Waals surface area contributed by atoms with Gasteiger partial charge >= 0.3 is 0 Å². The Kier molecular flexibility index (Phi) is 3.82. The van der Waals surface area contributed by atoms with Gasteiger partial charge in [0, 0.05) is 11.3 Å². The van der Waals surface area contributed by atoms with Crippen LogP contribution in [0.2, 0.25) is 0 Å². The summed E-state index contributed by atoms with van der Waals surface area (Å²) in [6.07, 6.45) is 0. The van der Waals surface area contributed by atoms with Crippen LogP contribution < -0.4 is 16.6 Å². The number of aromatic nitrogens is 2. The number of hydrogen-bond acceptors (Lipinski definition) is 6. The first-order valence-corrected chi connectivity index (χ1v) is 6.14. The van der Waals surface area contributed by atoms with Crippen molar-refractivity contribution in [3.8, 4) is 6.07 Å². The topological polar surface area (TPSA) is 99.6 Å². The van der Waals surface area contributed by atoms with Crippen molar-refractivity contribution in [2.75, 3.05) is 10.7 Å². The van der Waals surface area contributed by atoms with Crippen LogP contribution in [0.3, 0.4) is 0 Å². The highest BCUT2D eigenvalue weighted by molar-refractivity contribution is 5.67. The van der Waals surface area contributed by atoms with Crippen molar-refractivity contribution >= 4 is 17.3 Å². The minimum atomic E-state index is 0.578. The number of rotatable bonds is 3. The standard InChI is InChI=1S/C14H16N6/c1-8-4-5-11(7-15)6-12(8)19-13-9(2)14(20-16)18-10(3)17-13/h4-6H,16H2,1-3H3,(H2,17,18,19,20). The number of nitrogen functional groups attached to an aromatic ring is 1. The van der Waals surface area contributed by atoms with Crippen LogP contribution in [0.4, 0.5) is 17.3 Å². The number of aryl methyl sites for hydroxylation is 2.